The van der Waals surface area contributed by atoms with Crippen LogP contribution >= 0.6 is 0 Å². The van der Waals surface area contributed by atoms with E-state index < -0.39 is 10.0 Å². The number of hydrogen-bond donors (Lipinski definition) is 0. The van der Waals surface area contributed by atoms with Crippen LogP contribution in [0.4, 0.5) is 0 Å². The number of hydrogen-bond acceptors (Lipinski definition) is 5. The van der Waals surface area contributed by atoms with Gasteiger partial charge in [0.1, 0.15) is 5.82 Å². The largest absolute Gasteiger partial charge is 0.334 e. The Hall–Kier alpha value is -2.78. The summed E-state index contributed by atoms with van der Waals surface area (Å²) in [5.74, 6) is 0.887. The third kappa shape index (κ3) is 4.72. The number of imidazole rings is 1. The predicted octanol–water partition coefficient (Wildman–Crippen LogP) is 3.27. The molecule has 0 bridgehead atoms. The Morgan fingerprint density at radius 3 is 2.62 bits per heavy atom. The number of carbonyl (C=O) groups excluding carboxylic acids is 1. The maximum Gasteiger partial charge on any atom is 0.243 e. The maximum atomic E-state index is 13.1. The summed E-state index contributed by atoms with van der Waals surface area (Å²) in [6, 6.07) is 11.2. The normalized spacial score (nSPS) is 17.2. The molecule has 1 saturated heterocycles. The van der Waals surface area contributed by atoms with Crippen molar-refractivity contribution in [2.24, 2.45) is 7.05 Å². The van der Waals surface area contributed by atoms with Crippen LogP contribution in [0.25, 0.3) is 11.0 Å². The van der Waals surface area contributed by atoms with E-state index in [0.29, 0.717) is 44.0 Å². The van der Waals surface area contributed by atoms with Crippen molar-refractivity contribution >= 4 is 27.0 Å². The van der Waals surface area contributed by atoms with Crippen molar-refractivity contribution in [2.75, 3.05) is 13.1 Å². The minimum atomic E-state index is -3.51. The highest BCUT2D eigenvalue weighted by atomic mass is 32.2. The molecule has 1 aliphatic carbocycles. The minimum absolute atomic E-state index is 0.105. The highest BCUT2D eigenvalue weighted by Gasteiger charge is 2.32. The molecule has 1 saturated carbocycles. The van der Waals surface area contributed by atoms with Gasteiger partial charge in [0.2, 0.25) is 15.9 Å². The molecular weight excluding hydrogens is 450 g/mol. The third-order valence-electron chi connectivity index (χ3n) is 6.83. The van der Waals surface area contributed by atoms with Crippen LogP contribution in [0.15, 0.2) is 47.5 Å². The highest BCUT2D eigenvalue weighted by molar-refractivity contribution is 7.89. The molecule has 0 radical (unpaired) electrons. The Kier molecular flexibility index (Phi) is 6.40. The Bertz CT molecular complexity index is 1280. The number of aryl methyl sites for hydroxylation is 2. The third-order valence-corrected chi connectivity index (χ3v) is 8.72. The number of aromatic nitrogens is 3. The summed E-state index contributed by atoms with van der Waals surface area (Å²) in [4.78, 5) is 24.4. The van der Waals surface area contributed by atoms with Gasteiger partial charge in [0.15, 0.2) is 0 Å². The molecule has 3 aromatic rings. The smallest absolute Gasteiger partial charge is 0.243 e. The highest BCUT2D eigenvalue weighted by Crippen LogP contribution is 2.29. The molecule has 5 rings (SSSR count). The van der Waals surface area contributed by atoms with Crippen molar-refractivity contribution in [3.8, 4) is 0 Å². The lowest BCUT2D eigenvalue weighted by Crippen LogP contribution is -2.35. The van der Waals surface area contributed by atoms with E-state index >= 15 is 0 Å². The maximum absolute atomic E-state index is 13.1. The topological polar surface area (TPSA) is 88.4 Å². The lowest BCUT2D eigenvalue weighted by molar-refractivity contribution is -0.132. The van der Waals surface area contributed by atoms with Crippen LogP contribution in [0, 0.1) is 0 Å². The zero-order valence-corrected chi connectivity index (χ0v) is 20.4. The Morgan fingerprint density at radius 2 is 1.91 bits per heavy atom. The second-order valence-electron chi connectivity index (χ2n) is 9.28. The molecule has 1 aromatic carbocycles. The van der Waals surface area contributed by atoms with Crippen molar-refractivity contribution in [3.63, 3.8) is 0 Å². The molecule has 180 valence electrons. The van der Waals surface area contributed by atoms with Crippen molar-refractivity contribution in [1.29, 1.82) is 0 Å². The number of nitrogens with zero attached hydrogens (tertiary/aromatic N) is 5. The van der Waals surface area contributed by atoms with Crippen molar-refractivity contribution in [3.05, 3.63) is 54.1 Å². The molecule has 0 unspecified atom stereocenters. The van der Waals surface area contributed by atoms with Crippen molar-refractivity contribution < 1.29 is 13.2 Å². The zero-order chi connectivity index (χ0) is 23.7. The van der Waals surface area contributed by atoms with E-state index in [4.69, 9.17) is 4.98 Å². The first-order valence-electron chi connectivity index (χ1n) is 12.1. The Balaban J connectivity index is 1.31. The van der Waals surface area contributed by atoms with Gasteiger partial charge in [-0.25, -0.2) is 13.4 Å². The van der Waals surface area contributed by atoms with Crippen LogP contribution in [-0.2, 0) is 34.8 Å². The minimum Gasteiger partial charge on any atom is -0.334 e. The number of pyridine rings is 1. The van der Waals surface area contributed by atoms with Gasteiger partial charge in [-0.2, -0.15) is 4.31 Å². The number of sulfonamides is 1. The fourth-order valence-electron chi connectivity index (χ4n) is 4.70. The molecule has 1 aliphatic heterocycles. The molecule has 8 nitrogen and oxygen atoms in total. The van der Waals surface area contributed by atoms with Gasteiger partial charge in [-0.05, 0) is 56.0 Å². The first kappa shape index (κ1) is 23.0. The molecular formula is C25H31N5O3S. The lowest BCUT2D eigenvalue weighted by Gasteiger charge is -2.25. The van der Waals surface area contributed by atoms with Crippen molar-refractivity contribution in [1.82, 2.24) is 23.7 Å². The van der Waals surface area contributed by atoms with E-state index in [1.807, 2.05) is 40.8 Å². The molecule has 0 N–H and O–H groups in total. The van der Waals surface area contributed by atoms with Crippen LogP contribution in [0.2, 0.25) is 0 Å². The van der Waals surface area contributed by atoms with Gasteiger partial charge in [0.25, 0.3) is 0 Å². The van der Waals surface area contributed by atoms with Gasteiger partial charge in [-0.15, -0.1) is 0 Å². The summed E-state index contributed by atoms with van der Waals surface area (Å²) >= 11 is 0. The molecule has 2 fully saturated rings. The summed E-state index contributed by atoms with van der Waals surface area (Å²) in [6.45, 7) is 1.68. The first-order valence-corrected chi connectivity index (χ1v) is 13.5. The molecule has 1 amide bonds. The molecule has 2 aliphatic rings. The molecule has 34 heavy (non-hydrogen) atoms. The average molecular weight is 482 g/mol. The molecule has 2 aromatic heterocycles. The molecule has 3 heterocycles. The van der Waals surface area contributed by atoms with E-state index in [-0.39, 0.29) is 10.8 Å². The number of piperidine rings is 1. The summed E-state index contributed by atoms with van der Waals surface area (Å²) < 4.78 is 29.7. The van der Waals surface area contributed by atoms with Crippen LogP contribution in [-0.4, -0.2) is 57.2 Å². The Labute approximate surface area is 200 Å². The number of amides is 1. The van der Waals surface area contributed by atoms with Gasteiger partial charge in [-0.3, -0.25) is 9.78 Å². The second kappa shape index (κ2) is 9.46. The number of benzene rings is 1. The van der Waals surface area contributed by atoms with Gasteiger partial charge in [-0.1, -0.05) is 12.5 Å². The fourth-order valence-corrected chi connectivity index (χ4v) is 6.24. The zero-order valence-electron chi connectivity index (χ0n) is 19.6. The average Bonchev–Trinajstić information content (AvgIpc) is 3.66. The predicted molar refractivity (Wildman–Crippen MR) is 129 cm³/mol. The SMILES string of the molecule is Cn1c(CCC(=O)N(Cc2ccccn2)C2CC2)nc2cc(S(=O)(=O)N3CCCCC3)ccc21. The van der Waals surface area contributed by atoms with E-state index in [9.17, 15) is 13.2 Å². The van der Waals surface area contributed by atoms with Crippen molar-refractivity contribution in [2.45, 2.75) is 62.4 Å². The summed E-state index contributed by atoms with van der Waals surface area (Å²) in [5, 5.41) is 0. The van der Waals surface area contributed by atoms with Crippen LogP contribution in [0.1, 0.15) is 50.0 Å². The van der Waals surface area contributed by atoms with Crippen LogP contribution in [0.5, 0.6) is 0 Å². The molecule has 0 spiro atoms. The van der Waals surface area contributed by atoms with Gasteiger partial charge in [0.05, 0.1) is 28.2 Å². The van der Waals surface area contributed by atoms with Crippen LogP contribution in [0.3, 0.4) is 0 Å². The molecule has 9 heteroatoms. The van der Waals surface area contributed by atoms with E-state index in [0.717, 1.165) is 49.1 Å². The number of rotatable bonds is 8. The summed E-state index contributed by atoms with van der Waals surface area (Å²) in [5.41, 5.74) is 2.41. The monoisotopic (exact) mass is 481 g/mol. The number of fused-ring (bicyclic) bond motifs is 1. The summed E-state index contributed by atoms with van der Waals surface area (Å²) in [7, 11) is -1.59. The number of carbonyl (C=O) groups is 1. The first-order chi connectivity index (χ1) is 16.4. The van der Waals surface area contributed by atoms with Crippen LogP contribution < -0.4 is 0 Å². The van der Waals surface area contributed by atoms with Gasteiger partial charge >= 0.3 is 0 Å². The lowest BCUT2D eigenvalue weighted by atomic mass is 10.2. The van der Waals surface area contributed by atoms with Gasteiger partial charge < -0.3 is 9.47 Å². The molecule has 0 atom stereocenters. The summed E-state index contributed by atoms with van der Waals surface area (Å²) in [6.07, 6.45) is 7.59. The fraction of sp³-hybridized carbons (Fsp3) is 0.480. The second-order valence-corrected chi connectivity index (χ2v) is 11.2. The van der Waals surface area contributed by atoms with Gasteiger partial charge in [0, 0.05) is 45.2 Å². The van der Waals surface area contributed by atoms with E-state index in [1.54, 1.807) is 22.6 Å². The Morgan fingerprint density at radius 1 is 1.12 bits per heavy atom. The van der Waals surface area contributed by atoms with E-state index in [2.05, 4.69) is 4.98 Å². The standard InChI is InChI=1S/C25H31N5O3S/c1-28-23-11-10-21(34(32,33)29-15-5-2-6-16-29)17-22(23)27-24(28)12-13-25(31)30(20-8-9-20)18-19-7-3-4-14-26-19/h3-4,7,10-11,14,17,20H,2,5-6,8-9,12-13,15-16,18H2,1H3. The van der Waals surface area contributed by atoms with E-state index in [1.165, 1.54) is 0 Å². The quantitative estimate of drug-likeness (QED) is 0.493.